The molecule has 102 valence electrons. The van der Waals surface area contributed by atoms with Gasteiger partial charge in [-0.05, 0) is 42.5 Å². The maximum Gasteiger partial charge on any atom is 0.326 e. The molecule has 2 aromatic carbocycles. The summed E-state index contributed by atoms with van der Waals surface area (Å²) >= 11 is 0. The summed E-state index contributed by atoms with van der Waals surface area (Å²) in [5.41, 5.74) is 6.57. The molecule has 0 atom stereocenters. The topological polar surface area (TPSA) is 84.2 Å². The number of rotatable bonds is 2. The minimum Gasteiger partial charge on any atom is -0.399 e. The summed E-state index contributed by atoms with van der Waals surface area (Å²) in [7, 11) is 0. The van der Waals surface area contributed by atoms with E-state index < -0.39 is 17.8 Å². The number of halogens is 1. The number of urea groups is 1. The Hall–Kier alpha value is -2.89. The van der Waals surface area contributed by atoms with Gasteiger partial charge >= 0.3 is 6.03 Å². The van der Waals surface area contributed by atoms with Crippen molar-refractivity contribution in [1.82, 2.24) is 5.32 Å². The highest BCUT2D eigenvalue weighted by Crippen LogP contribution is 2.09. The van der Waals surface area contributed by atoms with Gasteiger partial charge in [0.2, 0.25) is 0 Å². The molecule has 2 aromatic rings. The van der Waals surface area contributed by atoms with Crippen molar-refractivity contribution in [3.63, 3.8) is 0 Å². The molecule has 0 aromatic heterocycles. The van der Waals surface area contributed by atoms with E-state index in [0.717, 1.165) is 6.07 Å². The van der Waals surface area contributed by atoms with Gasteiger partial charge < -0.3 is 11.1 Å². The van der Waals surface area contributed by atoms with E-state index in [1.807, 2.05) is 0 Å². The van der Waals surface area contributed by atoms with Gasteiger partial charge in [-0.15, -0.1) is 0 Å². The van der Waals surface area contributed by atoms with Crippen LogP contribution in [0.1, 0.15) is 10.4 Å². The molecule has 0 aliphatic heterocycles. The van der Waals surface area contributed by atoms with Gasteiger partial charge in [0, 0.05) is 16.9 Å². The van der Waals surface area contributed by atoms with E-state index in [1.54, 1.807) is 12.1 Å². The number of nitrogens with one attached hydrogen (secondary N) is 2. The third-order valence-corrected chi connectivity index (χ3v) is 2.48. The molecule has 0 spiro atoms. The van der Waals surface area contributed by atoms with Crippen LogP contribution in [0, 0.1) is 5.82 Å². The molecule has 0 aliphatic rings. The SMILES string of the molecule is Nc1ccc(C(=O)NC(=O)Nc2cccc(F)c2)cc1. The smallest absolute Gasteiger partial charge is 0.326 e. The lowest BCUT2D eigenvalue weighted by molar-refractivity contribution is 0.0967. The van der Waals surface area contributed by atoms with Crippen LogP contribution in [0.25, 0.3) is 0 Å². The lowest BCUT2D eigenvalue weighted by Gasteiger charge is -2.07. The predicted molar refractivity (Wildman–Crippen MR) is 73.7 cm³/mol. The molecule has 5 nitrogen and oxygen atoms in total. The number of nitrogens with two attached hydrogens (primary N) is 1. The Morgan fingerprint density at radius 2 is 1.75 bits per heavy atom. The normalized spacial score (nSPS) is 9.85. The summed E-state index contributed by atoms with van der Waals surface area (Å²) in [5.74, 6) is -1.05. The molecule has 0 radical (unpaired) electrons. The van der Waals surface area contributed by atoms with Gasteiger partial charge in [0.05, 0.1) is 0 Å². The Kier molecular flexibility index (Phi) is 3.95. The number of nitrogen functional groups attached to an aromatic ring is 1. The van der Waals surface area contributed by atoms with Crippen LogP contribution in [0.3, 0.4) is 0 Å². The first-order valence-electron chi connectivity index (χ1n) is 5.78. The van der Waals surface area contributed by atoms with E-state index in [1.165, 1.54) is 30.3 Å². The van der Waals surface area contributed by atoms with E-state index in [9.17, 15) is 14.0 Å². The minimum absolute atomic E-state index is 0.257. The number of benzene rings is 2. The first-order chi connectivity index (χ1) is 9.54. The van der Waals surface area contributed by atoms with Crippen molar-refractivity contribution < 1.29 is 14.0 Å². The molecule has 20 heavy (non-hydrogen) atoms. The van der Waals surface area contributed by atoms with Gasteiger partial charge in [-0.3, -0.25) is 10.1 Å². The molecule has 0 bridgehead atoms. The van der Waals surface area contributed by atoms with E-state index in [-0.39, 0.29) is 5.69 Å². The maximum atomic E-state index is 12.9. The van der Waals surface area contributed by atoms with Crippen LogP contribution >= 0.6 is 0 Å². The van der Waals surface area contributed by atoms with Gasteiger partial charge in [0.25, 0.3) is 5.91 Å². The Morgan fingerprint density at radius 1 is 1.05 bits per heavy atom. The zero-order valence-corrected chi connectivity index (χ0v) is 10.4. The van der Waals surface area contributed by atoms with Crippen LogP contribution in [-0.4, -0.2) is 11.9 Å². The Labute approximate surface area is 114 Å². The lowest BCUT2D eigenvalue weighted by atomic mass is 10.2. The number of carbonyl (C=O) groups is 2. The second-order valence-electron chi connectivity index (χ2n) is 4.04. The molecule has 0 saturated heterocycles. The third-order valence-electron chi connectivity index (χ3n) is 2.48. The second kappa shape index (κ2) is 5.83. The van der Waals surface area contributed by atoms with Gasteiger partial charge in [0.15, 0.2) is 0 Å². The fraction of sp³-hybridized carbons (Fsp3) is 0. The fourth-order valence-electron chi connectivity index (χ4n) is 1.54. The maximum absolute atomic E-state index is 12.9. The van der Waals surface area contributed by atoms with Gasteiger partial charge in [-0.1, -0.05) is 6.07 Å². The summed E-state index contributed by atoms with van der Waals surface area (Å²) in [4.78, 5) is 23.3. The zero-order valence-electron chi connectivity index (χ0n) is 10.4. The summed E-state index contributed by atoms with van der Waals surface area (Å²) in [5, 5.41) is 4.49. The number of anilines is 2. The molecule has 0 aliphatic carbocycles. The van der Waals surface area contributed by atoms with Crippen LogP contribution in [-0.2, 0) is 0 Å². The van der Waals surface area contributed by atoms with Gasteiger partial charge in [-0.25, -0.2) is 9.18 Å². The molecule has 3 amide bonds. The van der Waals surface area contributed by atoms with Crippen molar-refractivity contribution in [3.05, 3.63) is 59.9 Å². The Morgan fingerprint density at radius 3 is 2.40 bits per heavy atom. The largest absolute Gasteiger partial charge is 0.399 e. The first kappa shape index (κ1) is 13.5. The quantitative estimate of drug-likeness (QED) is 0.734. The zero-order chi connectivity index (χ0) is 14.5. The minimum atomic E-state index is -0.738. The average molecular weight is 273 g/mol. The highest BCUT2D eigenvalue weighted by atomic mass is 19.1. The van der Waals surface area contributed by atoms with Crippen molar-refractivity contribution in [3.8, 4) is 0 Å². The average Bonchev–Trinajstić information content (AvgIpc) is 2.39. The van der Waals surface area contributed by atoms with Crippen LogP contribution in [0.5, 0.6) is 0 Å². The summed E-state index contributed by atoms with van der Waals surface area (Å²) < 4.78 is 12.9. The van der Waals surface area contributed by atoms with Crippen molar-refractivity contribution in [1.29, 1.82) is 0 Å². The summed E-state index contributed by atoms with van der Waals surface area (Å²) in [6.45, 7) is 0. The van der Waals surface area contributed by atoms with E-state index in [4.69, 9.17) is 5.73 Å². The highest BCUT2D eigenvalue weighted by Gasteiger charge is 2.10. The van der Waals surface area contributed by atoms with Crippen molar-refractivity contribution in [2.45, 2.75) is 0 Å². The van der Waals surface area contributed by atoms with E-state index in [2.05, 4.69) is 10.6 Å². The Bertz CT molecular complexity index is 641. The van der Waals surface area contributed by atoms with Crippen LogP contribution in [0.4, 0.5) is 20.6 Å². The van der Waals surface area contributed by atoms with Crippen LogP contribution in [0.15, 0.2) is 48.5 Å². The molecule has 0 heterocycles. The van der Waals surface area contributed by atoms with Gasteiger partial charge in [-0.2, -0.15) is 0 Å². The number of carbonyl (C=O) groups excluding carboxylic acids is 2. The molecule has 6 heteroatoms. The number of amides is 3. The van der Waals surface area contributed by atoms with E-state index >= 15 is 0 Å². The van der Waals surface area contributed by atoms with Crippen LogP contribution in [0.2, 0.25) is 0 Å². The second-order valence-corrected chi connectivity index (χ2v) is 4.04. The first-order valence-corrected chi connectivity index (χ1v) is 5.78. The monoisotopic (exact) mass is 273 g/mol. The van der Waals surface area contributed by atoms with Crippen molar-refractivity contribution in [2.24, 2.45) is 0 Å². The number of imide groups is 1. The summed E-state index contributed by atoms with van der Waals surface area (Å²) in [6, 6.07) is 10.7. The number of hydrogen-bond acceptors (Lipinski definition) is 3. The molecular weight excluding hydrogens is 261 g/mol. The van der Waals surface area contributed by atoms with E-state index in [0.29, 0.717) is 11.3 Å². The van der Waals surface area contributed by atoms with Crippen molar-refractivity contribution >= 4 is 23.3 Å². The lowest BCUT2D eigenvalue weighted by Crippen LogP contribution is -2.34. The predicted octanol–water partition coefficient (Wildman–Crippen LogP) is 2.37. The summed E-state index contributed by atoms with van der Waals surface area (Å²) in [6.07, 6.45) is 0. The molecule has 0 unspecified atom stereocenters. The third kappa shape index (κ3) is 3.55. The van der Waals surface area contributed by atoms with Gasteiger partial charge in [0.1, 0.15) is 5.82 Å². The number of hydrogen-bond donors (Lipinski definition) is 3. The molecule has 4 N–H and O–H groups in total. The fourth-order valence-corrected chi connectivity index (χ4v) is 1.54. The molecule has 0 saturated carbocycles. The molecular formula is C14H12FN3O2. The molecule has 0 fully saturated rings. The van der Waals surface area contributed by atoms with Crippen molar-refractivity contribution in [2.75, 3.05) is 11.1 Å². The Balaban J connectivity index is 1.97. The van der Waals surface area contributed by atoms with Crippen LogP contribution < -0.4 is 16.4 Å². The standard InChI is InChI=1S/C14H12FN3O2/c15-10-2-1-3-12(8-10)17-14(20)18-13(19)9-4-6-11(16)7-5-9/h1-8H,16H2,(H2,17,18,19,20). The highest BCUT2D eigenvalue weighted by molar-refractivity contribution is 6.08. The molecule has 2 rings (SSSR count).